The van der Waals surface area contributed by atoms with Crippen molar-refractivity contribution in [1.82, 2.24) is 0 Å². The first kappa shape index (κ1) is 13.1. The SMILES string of the molecule is NC1CC(OCCCC(F)(F)F)C12CCCC2. The second-order valence-electron chi connectivity index (χ2n) is 5.36. The van der Waals surface area contributed by atoms with Crippen molar-refractivity contribution in [3.8, 4) is 0 Å². The summed E-state index contributed by atoms with van der Waals surface area (Å²) in [5, 5.41) is 0. The summed E-state index contributed by atoms with van der Waals surface area (Å²) in [6.45, 7) is 0.207. The van der Waals surface area contributed by atoms with E-state index in [2.05, 4.69) is 0 Å². The molecule has 2 aliphatic rings. The number of rotatable bonds is 4. The van der Waals surface area contributed by atoms with Crippen LogP contribution in [0.25, 0.3) is 0 Å². The third kappa shape index (κ3) is 2.76. The highest BCUT2D eigenvalue weighted by Gasteiger charge is 2.55. The Morgan fingerprint density at radius 1 is 1.24 bits per heavy atom. The minimum Gasteiger partial charge on any atom is -0.378 e. The molecule has 0 amide bonds. The van der Waals surface area contributed by atoms with Gasteiger partial charge >= 0.3 is 6.18 Å². The average Bonchev–Trinajstić information content (AvgIpc) is 2.72. The number of hydrogen-bond acceptors (Lipinski definition) is 2. The quantitative estimate of drug-likeness (QED) is 0.779. The molecule has 0 radical (unpaired) electrons. The van der Waals surface area contributed by atoms with Crippen LogP contribution in [0.1, 0.15) is 44.9 Å². The maximum absolute atomic E-state index is 12.0. The number of hydrogen-bond donors (Lipinski definition) is 1. The molecule has 5 heteroatoms. The van der Waals surface area contributed by atoms with E-state index in [1.807, 2.05) is 0 Å². The van der Waals surface area contributed by atoms with Gasteiger partial charge in [-0.05, 0) is 25.7 Å². The van der Waals surface area contributed by atoms with Gasteiger partial charge in [0.2, 0.25) is 0 Å². The molecule has 1 spiro atoms. The molecule has 0 heterocycles. The summed E-state index contributed by atoms with van der Waals surface area (Å²) in [5.41, 5.74) is 6.12. The van der Waals surface area contributed by atoms with Gasteiger partial charge in [-0.2, -0.15) is 13.2 Å². The van der Waals surface area contributed by atoms with Gasteiger partial charge in [0.15, 0.2) is 0 Å². The molecule has 0 saturated heterocycles. The summed E-state index contributed by atoms with van der Waals surface area (Å²) < 4.78 is 41.5. The maximum Gasteiger partial charge on any atom is 0.389 e. The smallest absolute Gasteiger partial charge is 0.378 e. The Morgan fingerprint density at radius 3 is 2.41 bits per heavy atom. The third-order valence-electron chi connectivity index (χ3n) is 4.31. The van der Waals surface area contributed by atoms with Crippen LogP contribution in [-0.4, -0.2) is 24.9 Å². The van der Waals surface area contributed by atoms with Crippen molar-refractivity contribution < 1.29 is 17.9 Å². The van der Waals surface area contributed by atoms with Gasteiger partial charge in [-0.1, -0.05) is 12.8 Å². The molecule has 2 nitrogen and oxygen atoms in total. The fraction of sp³-hybridized carbons (Fsp3) is 1.00. The number of ether oxygens (including phenoxy) is 1. The fourth-order valence-corrected chi connectivity index (χ4v) is 3.24. The summed E-state index contributed by atoms with van der Waals surface area (Å²) in [6.07, 6.45) is 0.677. The maximum atomic E-state index is 12.0. The van der Waals surface area contributed by atoms with Gasteiger partial charge in [0.1, 0.15) is 0 Å². The zero-order chi connectivity index (χ0) is 12.5. The van der Waals surface area contributed by atoms with Gasteiger partial charge in [-0.25, -0.2) is 0 Å². The molecule has 100 valence electrons. The van der Waals surface area contributed by atoms with E-state index in [4.69, 9.17) is 10.5 Å². The Morgan fingerprint density at radius 2 is 1.88 bits per heavy atom. The molecular formula is C12H20F3NO. The first-order chi connectivity index (χ1) is 7.94. The summed E-state index contributed by atoms with van der Waals surface area (Å²) in [7, 11) is 0. The molecule has 2 saturated carbocycles. The molecule has 0 aromatic heterocycles. The fourth-order valence-electron chi connectivity index (χ4n) is 3.24. The summed E-state index contributed by atoms with van der Waals surface area (Å²) >= 11 is 0. The second kappa shape index (κ2) is 4.76. The van der Waals surface area contributed by atoms with Crippen LogP contribution in [0.5, 0.6) is 0 Å². The van der Waals surface area contributed by atoms with Crippen LogP contribution in [0.3, 0.4) is 0 Å². The number of nitrogens with two attached hydrogens (primary N) is 1. The predicted octanol–water partition coefficient (Wildman–Crippen LogP) is 3.01. The molecule has 2 unspecified atom stereocenters. The summed E-state index contributed by atoms with van der Waals surface area (Å²) in [4.78, 5) is 0. The summed E-state index contributed by atoms with van der Waals surface area (Å²) in [5.74, 6) is 0. The van der Waals surface area contributed by atoms with Gasteiger partial charge in [0.05, 0.1) is 6.10 Å². The Bertz CT molecular complexity index is 261. The van der Waals surface area contributed by atoms with Crippen LogP contribution in [0.4, 0.5) is 13.2 Å². The monoisotopic (exact) mass is 251 g/mol. The molecule has 2 rings (SSSR count). The third-order valence-corrected chi connectivity index (χ3v) is 4.31. The first-order valence-corrected chi connectivity index (χ1v) is 6.38. The van der Waals surface area contributed by atoms with E-state index in [1.165, 1.54) is 12.8 Å². The van der Waals surface area contributed by atoms with E-state index in [0.717, 1.165) is 19.3 Å². The van der Waals surface area contributed by atoms with Crippen molar-refractivity contribution in [1.29, 1.82) is 0 Å². The normalized spacial score (nSPS) is 31.8. The zero-order valence-corrected chi connectivity index (χ0v) is 9.93. The molecule has 17 heavy (non-hydrogen) atoms. The van der Waals surface area contributed by atoms with E-state index in [-0.39, 0.29) is 30.6 Å². The Labute approximate surface area is 99.7 Å². The van der Waals surface area contributed by atoms with Crippen LogP contribution < -0.4 is 5.73 Å². The van der Waals surface area contributed by atoms with Crippen molar-refractivity contribution >= 4 is 0 Å². The lowest BCUT2D eigenvalue weighted by Gasteiger charge is -2.52. The molecule has 0 bridgehead atoms. The van der Waals surface area contributed by atoms with Crippen LogP contribution in [0.15, 0.2) is 0 Å². The predicted molar refractivity (Wildman–Crippen MR) is 58.5 cm³/mol. The molecular weight excluding hydrogens is 231 g/mol. The van der Waals surface area contributed by atoms with E-state index in [1.54, 1.807) is 0 Å². The van der Waals surface area contributed by atoms with E-state index in [0.29, 0.717) is 0 Å². The van der Waals surface area contributed by atoms with E-state index in [9.17, 15) is 13.2 Å². The standard InChI is InChI=1S/C12H20F3NO/c13-12(14,15)6-3-7-17-10-8-9(16)11(10)4-1-2-5-11/h9-10H,1-8,16H2. The largest absolute Gasteiger partial charge is 0.389 e. The van der Waals surface area contributed by atoms with E-state index >= 15 is 0 Å². The minimum atomic E-state index is -4.07. The molecule has 0 aromatic rings. The zero-order valence-electron chi connectivity index (χ0n) is 9.93. The first-order valence-electron chi connectivity index (χ1n) is 6.38. The van der Waals surface area contributed by atoms with Gasteiger partial charge in [0, 0.05) is 24.5 Å². The van der Waals surface area contributed by atoms with E-state index < -0.39 is 12.6 Å². The molecule has 2 N–H and O–H groups in total. The molecule has 2 atom stereocenters. The van der Waals surface area contributed by atoms with Crippen molar-refractivity contribution in [3.63, 3.8) is 0 Å². The lowest BCUT2D eigenvalue weighted by molar-refractivity contribution is -0.151. The molecule has 0 aliphatic heterocycles. The topological polar surface area (TPSA) is 35.2 Å². The molecule has 2 aliphatic carbocycles. The Kier molecular flexibility index (Phi) is 3.69. The van der Waals surface area contributed by atoms with Crippen molar-refractivity contribution in [2.24, 2.45) is 11.1 Å². The highest BCUT2D eigenvalue weighted by atomic mass is 19.4. The average molecular weight is 251 g/mol. The van der Waals surface area contributed by atoms with Crippen LogP contribution >= 0.6 is 0 Å². The van der Waals surface area contributed by atoms with Gasteiger partial charge < -0.3 is 10.5 Å². The minimum absolute atomic E-state index is 0.0608. The van der Waals surface area contributed by atoms with Crippen LogP contribution in [0, 0.1) is 5.41 Å². The second-order valence-corrected chi connectivity index (χ2v) is 5.36. The van der Waals surface area contributed by atoms with Crippen molar-refractivity contribution in [2.75, 3.05) is 6.61 Å². The number of alkyl halides is 3. The Hall–Kier alpha value is -0.290. The van der Waals surface area contributed by atoms with Crippen LogP contribution in [-0.2, 0) is 4.74 Å². The van der Waals surface area contributed by atoms with Gasteiger partial charge in [-0.15, -0.1) is 0 Å². The van der Waals surface area contributed by atoms with Gasteiger partial charge in [0.25, 0.3) is 0 Å². The lowest BCUT2D eigenvalue weighted by atomic mass is 9.61. The van der Waals surface area contributed by atoms with Crippen molar-refractivity contribution in [3.05, 3.63) is 0 Å². The molecule has 0 aromatic carbocycles. The summed E-state index contributed by atoms with van der Waals surface area (Å²) in [6, 6.07) is 0.192. The van der Waals surface area contributed by atoms with Crippen molar-refractivity contribution in [2.45, 2.75) is 63.3 Å². The van der Waals surface area contributed by atoms with Gasteiger partial charge in [-0.3, -0.25) is 0 Å². The lowest BCUT2D eigenvalue weighted by Crippen LogP contribution is -2.61. The Balaban J connectivity index is 1.70. The number of halogens is 3. The highest BCUT2D eigenvalue weighted by molar-refractivity contribution is 5.08. The molecule has 2 fully saturated rings. The van der Waals surface area contributed by atoms with Crippen LogP contribution in [0.2, 0.25) is 0 Å². The highest BCUT2D eigenvalue weighted by Crippen LogP contribution is 2.53.